The smallest absolute Gasteiger partial charge is 0.264 e. The number of sulfonamides is 2. The SMILES string of the molecule is COc1ccc(S(=O)(=O)NCCN(c2ccccc2)S(=O)(=O)c2ccccc2)cc1. The summed E-state index contributed by atoms with van der Waals surface area (Å²) < 4.78 is 60.1. The van der Waals surface area contributed by atoms with Crippen molar-refractivity contribution in [1.29, 1.82) is 0 Å². The highest BCUT2D eigenvalue weighted by Gasteiger charge is 2.25. The molecule has 0 amide bonds. The highest BCUT2D eigenvalue weighted by atomic mass is 32.2. The first-order chi connectivity index (χ1) is 14.3. The molecule has 0 saturated carbocycles. The van der Waals surface area contributed by atoms with Gasteiger partial charge in [-0.1, -0.05) is 36.4 Å². The van der Waals surface area contributed by atoms with Gasteiger partial charge in [0, 0.05) is 13.1 Å². The largest absolute Gasteiger partial charge is 0.497 e. The quantitative estimate of drug-likeness (QED) is 0.546. The minimum atomic E-state index is -3.86. The Balaban J connectivity index is 1.81. The molecule has 0 fully saturated rings. The molecule has 1 N–H and O–H groups in total. The molecule has 0 atom stereocenters. The van der Waals surface area contributed by atoms with Crippen LogP contribution in [0.3, 0.4) is 0 Å². The van der Waals surface area contributed by atoms with Gasteiger partial charge in [0.25, 0.3) is 10.0 Å². The highest BCUT2D eigenvalue weighted by Crippen LogP contribution is 2.23. The summed E-state index contributed by atoms with van der Waals surface area (Å²) >= 11 is 0. The average Bonchev–Trinajstić information content (AvgIpc) is 2.78. The number of ether oxygens (including phenoxy) is 1. The van der Waals surface area contributed by atoms with E-state index in [2.05, 4.69) is 4.72 Å². The molecule has 158 valence electrons. The van der Waals surface area contributed by atoms with Crippen LogP contribution in [-0.2, 0) is 20.0 Å². The highest BCUT2D eigenvalue weighted by molar-refractivity contribution is 7.92. The molecule has 0 aromatic heterocycles. The summed E-state index contributed by atoms with van der Waals surface area (Å²) in [6, 6.07) is 22.5. The van der Waals surface area contributed by atoms with Gasteiger partial charge in [-0.05, 0) is 48.5 Å². The molecule has 0 aliphatic heterocycles. The molecule has 0 unspecified atom stereocenters. The first-order valence-corrected chi connectivity index (χ1v) is 12.0. The lowest BCUT2D eigenvalue weighted by atomic mass is 10.3. The molecule has 7 nitrogen and oxygen atoms in total. The molecule has 0 radical (unpaired) electrons. The van der Waals surface area contributed by atoms with E-state index in [1.165, 1.54) is 35.7 Å². The molecule has 0 spiro atoms. The van der Waals surface area contributed by atoms with Gasteiger partial charge in [-0.15, -0.1) is 0 Å². The predicted octanol–water partition coefficient (Wildman–Crippen LogP) is 2.87. The fraction of sp³-hybridized carbons (Fsp3) is 0.143. The summed E-state index contributed by atoms with van der Waals surface area (Å²) in [7, 11) is -6.17. The second-order valence-corrected chi connectivity index (χ2v) is 9.93. The first kappa shape index (κ1) is 21.8. The van der Waals surface area contributed by atoms with Crippen molar-refractivity contribution in [2.75, 3.05) is 24.5 Å². The maximum Gasteiger partial charge on any atom is 0.264 e. The van der Waals surface area contributed by atoms with Crippen molar-refractivity contribution in [2.24, 2.45) is 0 Å². The summed E-state index contributed by atoms with van der Waals surface area (Å²) in [5.74, 6) is 0.540. The molecule has 0 aliphatic carbocycles. The van der Waals surface area contributed by atoms with Crippen LogP contribution < -0.4 is 13.8 Å². The summed E-state index contributed by atoms with van der Waals surface area (Å²) in [5, 5.41) is 0. The molecule has 3 aromatic rings. The molecular weight excluding hydrogens is 424 g/mol. The van der Waals surface area contributed by atoms with Crippen LogP contribution in [0.2, 0.25) is 0 Å². The van der Waals surface area contributed by atoms with Gasteiger partial charge in [0.1, 0.15) is 5.75 Å². The topological polar surface area (TPSA) is 92.8 Å². The molecule has 0 saturated heterocycles. The number of methoxy groups -OCH3 is 1. The van der Waals surface area contributed by atoms with Crippen LogP contribution in [0.4, 0.5) is 5.69 Å². The number of anilines is 1. The normalized spacial score (nSPS) is 11.8. The molecule has 3 rings (SSSR count). The third kappa shape index (κ3) is 4.99. The number of benzene rings is 3. The van der Waals surface area contributed by atoms with Crippen LogP contribution in [0.5, 0.6) is 5.75 Å². The van der Waals surface area contributed by atoms with Crippen molar-refractivity contribution in [3.63, 3.8) is 0 Å². The van der Waals surface area contributed by atoms with Gasteiger partial charge in [0.2, 0.25) is 10.0 Å². The second kappa shape index (κ2) is 9.29. The Labute approximate surface area is 177 Å². The van der Waals surface area contributed by atoms with E-state index < -0.39 is 20.0 Å². The van der Waals surface area contributed by atoms with E-state index in [9.17, 15) is 16.8 Å². The third-order valence-corrected chi connectivity index (χ3v) is 7.67. The van der Waals surface area contributed by atoms with Crippen molar-refractivity contribution in [2.45, 2.75) is 9.79 Å². The van der Waals surface area contributed by atoms with Crippen LogP contribution in [0.15, 0.2) is 94.7 Å². The summed E-state index contributed by atoms with van der Waals surface area (Å²) in [5.41, 5.74) is 0.449. The zero-order chi connectivity index (χ0) is 21.6. The lowest BCUT2D eigenvalue weighted by Crippen LogP contribution is -2.38. The zero-order valence-corrected chi connectivity index (χ0v) is 17.9. The van der Waals surface area contributed by atoms with Crippen molar-refractivity contribution < 1.29 is 21.6 Å². The number of nitrogens with zero attached hydrogens (tertiary/aromatic N) is 1. The molecular formula is C21H22N2O5S2. The maximum absolute atomic E-state index is 13.2. The Kier molecular flexibility index (Phi) is 6.76. The van der Waals surface area contributed by atoms with Crippen LogP contribution in [0.1, 0.15) is 0 Å². The minimum Gasteiger partial charge on any atom is -0.497 e. The Bertz CT molecular complexity index is 1170. The number of para-hydroxylation sites is 1. The first-order valence-electron chi connectivity index (χ1n) is 9.11. The Morgan fingerprint density at radius 3 is 1.90 bits per heavy atom. The number of hydrogen-bond donors (Lipinski definition) is 1. The van der Waals surface area contributed by atoms with Gasteiger partial charge >= 0.3 is 0 Å². The van der Waals surface area contributed by atoms with E-state index in [-0.39, 0.29) is 22.9 Å². The second-order valence-electron chi connectivity index (χ2n) is 6.30. The number of hydrogen-bond acceptors (Lipinski definition) is 5. The summed E-state index contributed by atoms with van der Waals surface area (Å²) in [6.45, 7) is -0.175. The van der Waals surface area contributed by atoms with Crippen LogP contribution in [0.25, 0.3) is 0 Å². The third-order valence-electron chi connectivity index (χ3n) is 4.35. The lowest BCUT2D eigenvalue weighted by molar-refractivity contribution is 0.414. The molecule has 0 aliphatic rings. The van der Waals surface area contributed by atoms with Gasteiger partial charge in [-0.2, -0.15) is 0 Å². The molecule has 0 bridgehead atoms. The maximum atomic E-state index is 13.2. The number of rotatable bonds is 9. The predicted molar refractivity (Wildman–Crippen MR) is 116 cm³/mol. The van der Waals surface area contributed by atoms with E-state index in [0.717, 1.165) is 0 Å². The van der Waals surface area contributed by atoms with Crippen LogP contribution >= 0.6 is 0 Å². The summed E-state index contributed by atoms with van der Waals surface area (Å²) in [6.07, 6.45) is 0. The van der Waals surface area contributed by atoms with Crippen molar-refractivity contribution in [3.05, 3.63) is 84.9 Å². The van der Waals surface area contributed by atoms with Crippen molar-refractivity contribution >= 4 is 25.7 Å². The molecule has 0 heterocycles. The van der Waals surface area contributed by atoms with Gasteiger partial charge in [0.05, 0.1) is 22.6 Å². The zero-order valence-electron chi connectivity index (χ0n) is 16.3. The van der Waals surface area contributed by atoms with E-state index in [1.54, 1.807) is 60.7 Å². The van der Waals surface area contributed by atoms with E-state index in [0.29, 0.717) is 11.4 Å². The summed E-state index contributed by atoms with van der Waals surface area (Å²) in [4.78, 5) is 0.201. The standard InChI is InChI=1S/C21H22N2O5S2/c1-28-19-12-14-20(15-13-19)29(24,25)22-16-17-23(18-8-4-2-5-9-18)30(26,27)21-10-6-3-7-11-21/h2-15,22H,16-17H2,1H3. The monoisotopic (exact) mass is 446 g/mol. The van der Waals surface area contributed by atoms with Crippen LogP contribution in [0, 0.1) is 0 Å². The Morgan fingerprint density at radius 2 is 1.33 bits per heavy atom. The lowest BCUT2D eigenvalue weighted by Gasteiger charge is -2.24. The van der Waals surface area contributed by atoms with Gasteiger partial charge in [-0.25, -0.2) is 21.6 Å². The van der Waals surface area contributed by atoms with E-state index in [1.807, 2.05) is 0 Å². The van der Waals surface area contributed by atoms with E-state index in [4.69, 9.17) is 4.74 Å². The van der Waals surface area contributed by atoms with E-state index >= 15 is 0 Å². The fourth-order valence-electron chi connectivity index (χ4n) is 2.82. The van der Waals surface area contributed by atoms with Gasteiger partial charge < -0.3 is 4.74 Å². The average molecular weight is 447 g/mol. The minimum absolute atomic E-state index is 0.0699. The molecule has 9 heteroatoms. The Hall–Kier alpha value is -2.88. The van der Waals surface area contributed by atoms with Crippen LogP contribution in [-0.4, -0.2) is 37.0 Å². The van der Waals surface area contributed by atoms with Crippen molar-refractivity contribution in [1.82, 2.24) is 4.72 Å². The van der Waals surface area contributed by atoms with Gasteiger partial charge in [0.15, 0.2) is 0 Å². The van der Waals surface area contributed by atoms with Gasteiger partial charge in [-0.3, -0.25) is 4.31 Å². The number of nitrogens with one attached hydrogen (secondary N) is 1. The Morgan fingerprint density at radius 1 is 0.767 bits per heavy atom. The molecule has 30 heavy (non-hydrogen) atoms. The van der Waals surface area contributed by atoms with Crippen molar-refractivity contribution in [3.8, 4) is 5.75 Å². The fourth-order valence-corrected chi connectivity index (χ4v) is 5.33. The molecule has 3 aromatic carbocycles.